The highest BCUT2D eigenvalue weighted by Gasteiger charge is 2.16. The third-order valence-corrected chi connectivity index (χ3v) is 3.80. The molecule has 2 heteroatoms. The molecule has 0 N–H and O–H groups in total. The SMILES string of the molecule is Cc1cc(C)c(C(=O)C([PH-])C(C)C)c(C)c1. The molecule has 0 amide bonds. The van der Waals surface area contributed by atoms with Crippen LogP contribution in [0.4, 0.5) is 0 Å². The summed E-state index contributed by atoms with van der Waals surface area (Å²) in [4.78, 5) is 12.3. The summed E-state index contributed by atoms with van der Waals surface area (Å²) >= 11 is 0. The fourth-order valence-corrected chi connectivity index (χ4v) is 2.17. The normalized spacial score (nSPS) is 12.9. The monoisotopic (exact) mass is 235 g/mol. The van der Waals surface area contributed by atoms with Crippen LogP contribution in [0, 0.1) is 26.7 Å². The van der Waals surface area contributed by atoms with Crippen LogP contribution in [0.15, 0.2) is 12.1 Å². The van der Waals surface area contributed by atoms with E-state index in [9.17, 15) is 4.79 Å². The first-order valence-electron chi connectivity index (χ1n) is 5.67. The average Bonchev–Trinajstić information content (AvgIpc) is 2.14. The number of carbonyl (C=O) groups is 1. The lowest BCUT2D eigenvalue weighted by Gasteiger charge is -2.24. The predicted octanol–water partition coefficient (Wildman–Crippen LogP) is 3.96. The lowest BCUT2D eigenvalue weighted by molar-refractivity contribution is 0.0974. The van der Waals surface area contributed by atoms with Gasteiger partial charge >= 0.3 is 0 Å². The van der Waals surface area contributed by atoms with Gasteiger partial charge in [-0.05, 0) is 31.9 Å². The summed E-state index contributed by atoms with van der Waals surface area (Å²) in [5.74, 6) is 0.505. The maximum Gasteiger partial charge on any atom is 0.138 e. The third kappa shape index (κ3) is 2.71. The van der Waals surface area contributed by atoms with Crippen LogP contribution in [-0.2, 0) is 0 Å². The zero-order valence-electron chi connectivity index (χ0n) is 10.7. The van der Waals surface area contributed by atoms with Gasteiger partial charge in [-0.2, -0.15) is 0 Å². The molecule has 0 aliphatic carbocycles. The van der Waals surface area contributed by atoms with Gasteiger partial charge in [0.05, 0.1) is 0 Å². The predicted molar refractivity (Wildman–Crippen MR) is 71.9 cm³/mol. The van der Waals surface area contributed by atoms with E-state index < -0.39 is 0 Å². The van der Waals surface area contributed by atoms with Gasteiger partial charge in [-0.15, -0.1) is 5.66 Å². The van der Waals surface area contributed by atoms with Gasteiger partial charge in [0.15, 0.2) is 0 Å². The number of carbonyl (C=O) groups excluding carboxylic acids is 1. The number of benzene rings is 1. The van der Waals surface area contributed by atoms with Crippen molar-refractivity contribution in [1.82, 2.24) is 0 Å². The van der Waals surface area contributed by atoms with E-state index in [1.807, 2.05) is 13.8 Å². The minimum atomic E-state index is -0.0971. The maximum absolute atomic E-state index is 12.3. The number of Topliss-reactive ketones (excluding diaryl/α,β-unsaturated/α-hetero) is 1. The highest BCUT2D eigenvalue weighted by Crippen LogP contribution is 2.24. The van der Waals surface area contributed by atoms with Gasteiger partial charge in [-0.1, -0.05) is 37.5 Å². The van der Waals surface area contributed by atoms with Crippen LogP contribution >= 0.6 is 9.24 Å². The molecule has 0 bridgehead atoms. The molecule has 1 nitrogen and oxygen atoms in total. The Morgan fingerprint density at radius 1 is 1.12 bits per heavy atom. The summed E-state index contributed by atoms with van der Waals surface area (Å²) in [6.07, 6.45) is 0. The molecule has 16 heavy (non-hydrogen) atoms. The molecule has 0 saturated carbocycles. The number of aryl methyl sites for hydroxylation is 3. The zero-order valence-corrected chi connectivity index (χ0v) is 11.7. The molecule has 0 heterocycles. The first-order chi connectivity index (χ1) is 7.34. The second-order valence-corrected chi connectivity index (χ2v) is 5.48. The van der Waals surface area contributed by atoms with E-state index in [1.54, 1.807) is 0 Å². The van der Waals surface area contributed by atoms with Crippen LogP contribution in [0.3, 0.4) is 0 Å². The van der Waals surface area contributed by atoms with E-state index in [1.165, 1.54) is 5.56 Å². The lowest BCUT2D eigenvalue weighted by Crippen LogP contribution is -2.22. The smallest absolute Gasteiger partial charge is 0.138 e. The average molecular weight is 235 g/mol. The third-order valence-electron chi connectivity index (χ3n) is 2.87. The van der Waals surface area contributed by atoms with Gasteiger partial charge in [0.1, 0.15) is 5.78 Å². The molecule has 0 aliphatic rings. The van der Waals surface area contributed by atoms with Crippen LogP contribution < -0.4 is 0 Å². The topological polar surface area (TPSA) is 17.1 Å². The van der Waals surface area contributed by atoms with Crippen LogP contribution in [0.25, 0.3) is 0 Å². The maximum atomic E-state index is 12.3. The van der Waals surface area contributed by atoms with E-state index in [2.05, 4.69) is 42.1 Å². The Morgan fingerprint density at radius 2 is 1.56 bits per heavy atom. The van der Waals surface area contributed by atoms with E-state index in [-0.39, 0.29) is 11.4 Å². The molecule has 1 aromatic rings. The Bertz CT molecular complexity index is 384. The minimum absolute atomic E-state index is 0.0971. The van der Waals surface area contributed by atoms with Crippen molar-refractivity contribution in [2.75, 3.05) is 0 Å². The Kier molecular flexibility index (Phi) is 4.27. The summed E-state index contributed by atoms with van der Waals surface area (Å²) in [7, 11) is 3.54. The van der Waals surface area contributed by atoms with Crippen LogP contribution in [0.5, 0.6) is 0 Å². The van der Waals surface area contributed by atoms with E-state index >= 15 is 0 Å². The highest BCUT2D eigenvalue weighted by molar-refractivity contribution is 7.19. The lowest BCUT2D eigenvalue weighted by atomic mass is 9.92. The molecule has 0 aromatic heterocycles. The zero-order chi connectivity index (χ0) is 12.5. The summed E-state index contributed by atoms with van der Waals surface area (Å²) < 4.78 is 0. The van der Waals surface area contributed by atoms with E-state index in [4.69, 9.17) is 0 Å². The standard InChI is InChI=1S/C14H20OP/c1-8(2)14(16)13(15)12-10(4)6-9(3)7-11(12)5/h6-8,14,16H,1-5H3/q-1. The van der Waals surface area contributed by atoms with Crippen LogP contribution in [-0.4, -0.2) is 11.4 Å². The van der Waals surface area contributed by atoms with Gasteiger partial charge in [-0.3, -0.25) is 4.79 Å². The van der Waals surface area contributed by atoms with Gasteiger partial charge in [0, 0.05) is 5.56 Å². The summed E-state index contributed by atoms with van der Waals surface area (Å²) in [5, 5.41) is 0. The van der Waals surface area contributed by atoms with E-state index in [0.717, 1.165) is 16.7 Å². The molecular formula is C14H20OP-. The Hall–Kier alpha value is -0.680. The van der Waals surface area contributed by atoms with Gasteiger partial charge in [0.25, 0.3) is 0 Å². The number of hydrogen-bond donors (Lipinski definition) is 0. The van der Waals surface area contributed by atoms with Crippen molar-refractivity contribution in [2.45, 2.75) is 40.3 Å². The van der Waals surface area contributed by atoms with Crippen molar-refractivity contribution in [3.63, 3.8) is 0 Å². The number of hydrogen-bond acceptors (Lipinski definition) is 1. The molecule has 1 aromatic carbocycles. The quantitative estimate of drug-likeness (QED) is 0.572. The number of ketones is 1. The van der Waals surface area contributed by atoms with Gasteiger partial charge in [-0.25, -0.2) is 0 Å². The van der Waals surface area contributed by atoms with E-state index in [0.29, 0.717) is 5.92 Å². The molecule has 1 unspecified atom stereocenters. The molecule has 88 valence electrons. The molecular weight excluding hydrogens is 215 g/mol. The van der Waals surface area contributed by atoms with Gasteiger partial charge in [0.2, 0.25) is 0 Å². The molecule has 0 radical (unpaired) electrons. The summed E-state index contributed by atoms with van der Waals surface area (Å²) in [6, 6.07) is 4.14. The molecule has 0 spiro atoms. The minimum Gasteiger partial charge on any atom is -0.546 e. The second kappa shape index (κ2) is 5.10. The Balaban J connectivity index is 3.19. The first kappa shape index (κ1) is 13.4. The van der Waals surface area contributed by atoms with Crippen molar-refractivity contribution in [3.05, 3.63) is 34.4 Å². The van der Waals surface area contributed by atoms with Crippen molar-refractivity contribution in [2.24, 2.45) is 5.92 Å². The highest BCUT2D eigenvalue weighted by atomic mass is 31.0. The molecule has 1 atom stereocenters. The fourth-order valence-electron chi connectivity index (χ4n) is 2.03. The van der Waals surface area contributed by atoms with Gasteiger partial charge < -0.3 is 9.24 Å². The van der Waals surface area contributed by atoms with Crippen molar-refractivity contribution in [3.8, 4) is 0 Å². The largest absolute Gasteiger partial charge is 0.546 e. The van der Waals surface area contributed by atoms with Crippen molar-refractivity contribution < 1.29 is 4.79 Å². The summed E-state index contributed by atoms with van der Waals surface area (Å²) in [6.45, 7) is 10.2. The van der Waals surface area contributed by atoms with Crippen molar-refractivity contribution in [1.29, 1.82) is 0 Å². The molecule has 0 aliphatic heterocycles. The van der Waals surface area contributed by atoms with Crippen LogP contribution in [0.1, 0.15) is 40.9 Å². The summed E-state index contributed by atoms with van der Waals surface area (Å²) in [5.41, 5.74) is 4.14. The second-order valence-electron chi connectivity index (χ2n) is 4.86. The Labute approximate surface area is 101 Å². The molecule has 1 rings (SSSR count). The fraction of sp³-hybridized carbons (Fsp3) is 0.500. The van der Waals surface area contributed by atoms with Crippen LogP contribution in [0.2, 0.25) is 0 Å². The van der Waals surface area contributed by atoms with Crippen molar-refractivity contribution >= 4 is 15.0 Å². The number of rotatable bonds is 3. The first-order valence-corrected chi connectivity index (χ1v) is 6.25. The Morgan fingerprint density at radius 3 is 1.94 bits per heavy atom. The molecule has 0 saturated heterocycles. The molecule has 0 fully saturated rings.